The van der Waals surface area contributed by atoms with Crippen LogP contribution in [0.1, 0.15) is 35.7 Å². The molecule has 0 spiro atoms. The van der Waals surface area contributed by atoms with Gasteiger partial charge >= 0.3 is 12.1 Å². The molecule has 6 nitrogen and oxygen atoms in total. The van der Waals surface area contributed by atoms with Gasteiger partial charge in [0, 0.05) is 12.1 Å². The molecular formula is C21H22N2O4. The Morgan fingerprint density at radius 1 is 1.00 bits per heavy atom. The van der Waals surface area contributed by atoms with Crippen molar-refractivity contribution in [3.05, 3.63) is 77.5 Å². The van der Waals surface area contributed by atoms with E-state index in [1.54, 1.807) is 36.1 Å². The molecule has 1 N–H and O–H groups in total. The van der Waals surface area contributed by atoms with Crippen molar-refractivity contribution in [1.82, 2.24) is 10.4 Å². The highest BCUT2D eigenvalue weighted by molar-refractivity contribution is 5.89. The summed E-state index contributed by atoms with van der Waals surface area (Å²) in [5, 5.41) is 0. The Balaban J connectivity index is 1.87. The quantitative estimate of drug-likeness (QED) is 0.811. The summed E-state index contributed by atoms with van der Waals surface area (Å²) in [4.78, 5) is 31.5. The number of hydrogen-bond acceptors (Lipinski definition) is 5. The molecular weight excluding hydrogens is 344 g/mol. The molecule has 0 aliphatic carbocycles. The second-order valence-electron chi connectivity index (χ2n) is 6.00. The zero-order valence-corrected chi connectivity index (χ0v) is 15.2. The first-order chi connectivity index (χ1) is 13.2. The number of carbonyl (C=O) groups excluding carboxylic acids is 2. The fourth-order valence-electron chi connectivity index (χ4n) is 2.96. The molecule has 0 saturated carbocycles. The number of benzene rings is 2. The maximum atomic E-state index is 12.3. The van der Waals surface area contributed by atoms with Crippen LogP contribution in [0.3, 0.4) is 0 Å². The lowest BCUT2D eigenvalue weighted by molar-refractivity contribution is 0.0366. The van der Waals surface area contributed by atoms with Gasteiger partial charge in [-0.05, 0) is 31.9 Å². The predicted molar refractivity (Wildman–Crippen MR) is 101 cm³/mol. The van der Waals surface area contributed by atoms with E-state index in [0.717, 1.165) is 17.7 Å². The lowest BCUT2D eigenvalue weighted by Gasteiger charge is -2.21. The van der Waals surface area contributed by atoms with Crippen LogP contribution in [0.2, 0.25) is 0 Å². The van der Waals surface area contributed by atoms with E-state index >= 15 is 0 Å². The molecule has 1 saturated heterocycles. The van der Waals surface area contributed by atoms with Crippen molar-refractivity contribution in [3.8, 4) is 0 Å². The summed E-state index contributed by atoms with van der Waals surface area (Å²) in [6.07, 6.45) is 1.10. The number of hydroxylamine groups is 1. The van der Waals surface area contributed by atoms with Crippen LogP contribution in [0.15, 0.2) is 66.4 Å². The normalized spacial score (nSPS) is 15.2. The summed E-state index contributed by atoms with van der Waals surface area (Å²) in [5.74, 6) is -0.495. The van der Waals surface area contributed by atoms with E-state index in [1.165, 1.54) is 0 Å². The third-order valence-electron chi connectivity index (χ3n) is 4.22. The zero-order chi connectivity index (χ0) is 19.1. The number of rotatable bonds is 5. The van der Waals surface area contributed by atoms with E-state index in [1.807, 2.05) is 36.4 Å². The first-order valence-corrected chi connectivity index (χ1v) is 8.95. The molecule has 0 radical (unpaired) electrons. The lowest BCUT2D eigenvalue weighted by atomic mass is 10.1. The molecule has 27 heavy (non-hydrogen) atoms. The van der Waals surface area contributed by atoms with Gasteiger partial charge in [-0.3, -0.25) is 4.90 Å². The van der Waals surface area contributed by atoms with Crippen molar-refractivity contribution in [2.24, 2.45) is 0 Å². The molecule has 2 aromatic carbocycles. The summed E-state index contributed by atoms with van der Waals surface area (Å²) in [5.41, 5.74) is 5.39. The topological polar surface area (TPSA) is 67.9 Å². The Morgan fingerprint density at radius 2 is 1.63 bits per heavy atom. The Labute approximate surface area is 158 Å². The predicted octanol–water partition coefficient (Wildman–Crippen LogP) is 3.97. The average Bonchev–Trinajstić information content (AvgIpc) is 3.19. The molecule has 1 fully saturated rings. The summed E-state index contributed by atoms with van der Waals surface area (Å²) < 4.78 is 5.15. The van der Waals surface area contributed by atoms with Gasteiger partial charge in [0.2, 0.25) is 0 Å². The molecule has 0 atom stereocenters. The van der Waals surface area contributed by atoms with Crippen molar-refractivity contribution in [3.63, 3.8) is 0 Å². The summed E-state index contributed by atoms with van der Waals surface area (Å²) in [7, 11) is 0. The Morgan fingerprint density at radius 3 is 2.26 bits per heavy atom. The van der Waals surface area contributed by atoms with Gasteiger partial charge in [0.1, 0.15) is 0 Å². The number of nitrogens with one attached hydrogen (secondary N) is 1. The van der Waals surface area contributed by atoms with Crippen LogP contribution in [-0.4, -0.2) is 30.1 Å². The maximum absolute atomic E-state index is 12.3. The van der Waals surface area contributed by atoms with Gasteiger partial charge in [0.25, 0.3) is 0 Å². The van der Waals surface area contributed by atoms with E-state index in [9.17, 15) is 9.59 Å². The number of carbonyl (C=O) groups is 2. The minimum absolute atomic E-state index is 0.305. The molecule has 0 unspecified atom stereocenters. The molecule has 2 aromatic rings. The molecule has 140 valence electrons. The van der Waals surface area contributed by atoms with Gasteiger partial charge in [0.05, 0.1) is 23.6 Å². The Kier molecular flexibility index (Phi) is 6.10. The highest BCUT2D eigenvalue weighted by Gasteiger charge is 2.28. The van der Waals surface area contributed by atoms with E-state index in [0.29, 0.717) is 30.8 Å². The van der Waals surface area contributed by atoms with Crippen molar-refractivity contribution in [2.45, 2.75) is 19.8 Å². The third-order valence-corrected chi connectivity index (χ3v) is 4.22. The van der Waals surface area contributed by atoms with Gasteiger partial charge in [-0.15, -0.1) is 0 Å². The van der Waals surface area contributed by atoms with E-state index < -0.39 is 12.1 Å². The van der Waals surface area contributed by atoms with Crippen LogP contribution in [0.5, 0.6) is 0 Å². The van der Waals surface area contributed by atoms with Crippen molar-refractivity contribution in [1.29, 1.82) is 0 Å². The molecule has 1 aliphatic heterocycles. The number of likely N-dealkylation sites (tertiary alicyclic amines) is 1. The molecule has 3 rings (SSSR count). The van der Waals surface area contributed by atoms with Gasteiger partial charge in [-0.25, -0.2) is 15.1 Å². The number of hydrogen-bond donors (Lipinski definition) is 1. The Hall–Kier alpha value is -3.28. The summed E-state index contributed by atoms with van der Waals surface area (Å²) >= 11 is 0. The van der Waals surface area contributed by atoms with Crippen molar-refractivity contribution in [2.75, 3.05) is 13.2 Å². The van der Waals surface area contributed by atoms with E-state index in [2.05, 4.69) is 5.48 Å². The van der Waals surface area contributed by atoms with Crippen LogP contribution in [0, 0.1) is 0 Å². The average molecular weight is 366 g/mol. The maximum Gasteiger partial charge on any atom is 0.414 e. The number of allylic oxidation sites excluding steroid dienone is 1. The zero-order valence-electron chi connectivity index (χ0n) is 15.2. The molecule has 6 heteroatoms. The van der Waals surface area contributed by atoms with Crippen LogP contribution < -0.4 is 5.48 Å². The van der Waals surface area contributed by atoms with E-state index in [-0.39, 0.29) is 0 Å². The summed E-state index contributed by atoms with van der Waals surface area (Å²) in [6.45, 7) is 2.65. The fourth-order valence-corrected chi connectivity index (χ4v) is 2.96. The van der Waals surface area contributed by atoms with Crippen LogP contribution in [0.4, 0.5) is 4.79 Å². The minimum atomic E-state index is -0.495. The van der Waals surface area contributed by atoms with Gasteiger partial charge < -0.3 is 9.57 Å². The highest BCUT2D eigenvalue weighted by Crippen LogP contribution is 2.29. The standard InChI is InChI=1S/C21H22N2O4/c1-2-26-21(25)23-15-9-14-18(23)19(16-10-5-3-6-11-16)22-27-20(24)17-12-7-4-8-13-17/h3-8,10-13,22H,2,9,14-15H2,1H3. The van der Waals surface area contributed by atoms with Crippen molar-refractivity contribution < 1.29 is 19.2 Å². The van der Waals surface area contributed by atoms with Crippen LogP contribution in [0.25, 0.3) is 5.70 Å². The van der Waals surface area contributed by atoms with Gasteiger partial charge in [-0.1, -0.05) is 48.5 Å². The smallest absolute Gasteiger partial charge is 0.414 e. The van der Waals surface area contributed by atoms with Crippen molar-refractivity contribution >= 4 is 17.8 Å². The minimum Gasteiger partial charge on any atom is -0.449 e. The fraction of sp³-hybridized carbons (Fsp3) is 0.238. The van der Waals surface area contributed by atoms with Gasteiger partial charge in [-0.2, -0.15) is 0 Å². The second-order valence-corrected chi connectivity index (χ2v) is 6.00. The molecule has 1 amide bonds. The molecule has 1 heterocycles. The Bertz CT molecular complexity index is 819. The molecule has 1 aliphatic rings. The molecule has 0 bridgehead atoms. The number of amides is 1. The van der Waals surface area contributed by atoms with E-state index in [4.69, 9.17) is 9.57 Å². The molecule has 0 aromatic heterocycles. The third kappa shape index (κ3) is 4.47. The van der Waals surface area contributed by atoms with Gasteiger partial charge in [0.15, 0.2) is 0 Å². The number of nitrogens with zero attached hydrogens (tertiary/aromatic N) is 1. The largest absolute Gasteiger partial charge is 0.449 e. The number of ether oxygens (including phenoxy) is 1. The first kappa shape index (κ1) is 18.5. The summed E-state index contributed by atoms with van der Waals surface area (Å²) in [6, 6.07) is 18.2. The second kappa shape index (κ2) is 8.89. The van der Waals surface area contributed by atoms with Crippen LogP contribution in [-0.2, 0) is 9.57 Å². The first-order valence-electron chi connectivity index (χ1n) is 8.95. The lowest BCUT2D eigenvalue weighted by Crippen LogP contribution is -2.30. The SMILES string of the molecule is CCOC(=O)N1CCCC1=C(NOC(=O)c1ccccc1)c1ccccc1. The van der Waals surface area contributed by atoms with Crippen LogP contribution >= 0.6 is 0 Å². The monoisotopic (exact) mass is 366 g/mol. The highest BCUT2D eigenvalue weighted by atomic mass is 16.7.